The van der Waals surface area contributed by atoms with E-state index in [1.54, 1.807) is 0 Å². The summed E-state index contributed by atoms with van der Waals surface area (Å²) < 4.78 is 10.3. The highest BCUT2D eigenvalue weighted by Crippen LogP contribution is 2.18. The summed E-state index contributed by atoms with van der Waals surface area (Å²) in [4.78, 5) is 45.5. The van der Waals surface area contributed by atoms with Crippen molar-refractivity contribution in [3.8, 4) is 5.75 Å². The predicted octanol–water partition coefficient (Wildman–Crippen LogP) is 4.66. The van der Waals surface area contributed by atoms with Gasteiger partial charge in [0.25, 0.3) is 5.69 Å². The van der Waals surface area contributed by atoms with Crippen molar-refractivity contribution >= 4 is 23.7 Å². The first-order chi connectivity index (χ1) is 17.4. The zero-order valence-corrected chi connectivity index (χ0v) is 20.3. The van der Waals surface area contributed by atoms with E-state index in [0.29, 0.717) is 25.9 Å². The maximum Gasteiger partial charge on any atom is 0.407 e. The van der Waals surface area contributed by atoms with Gasteiger partial charge in [-0.1, -0.05) is 43.2 Å². The van der Waals surface area contributed by atoms with E-state index in [1.165, 1.54) is 24.3 Å². The van der Waals surface area contributed by atoms with Gasteiger partial charge in [0, 0.05) is 38.1 Å². The predicted molar refractivity (Wildman–Crippen MR) is 133 cm³/mol. The summed E-state index contributed by atoms with van der Waals surface area (Å²) in [6.07, 6.45) is 4.69. The normalized spacial score (nSPS) is 10.3. The lowest BCUT2D eigenvalue weighted by Gasteiger charge is -2.07. The van der Waals surface area contributed by atoms with Gasteiger partial charge in [-0.3, -0.25) is 19.7 Å². The van der Waals surface area contributed by atoms with Crippen LogP contribution in [-0.4, -0.2) is 36.0 Å². The Hall–Kier alpha value is -3.95. The van der Waals surface area contributed by atoms with Gasteiger partial charge in [-0.15, -0.1) is 0 Å². The van der Waals surface area contributed by atoms with Crippen LogP contribution in [0.4, 0.5) is 10.5 Å². The summed E-state index contributed by atoms with van der Waals surface area (Å²) in [5, 5.41) is 16.2. The highest BCUT2D eigenvalue weighted by atomic mass is 16.6. The van der Waals surface area contributed by atoms with E-state index < -0.39 is 17.0 Å². The molecule has 0 bridgehead atoms. The average molecular weight is 500 g/mol. The Labute approximate surface area is 210 Å². The van der Waals surface area contributed by atoms with Gasteiger partial charge in [-0.25, -0.2) is 4.79 Å². The number of nitrogens with one attached hydrogen (secondary N) is 2. The van der Waals surface area contributed by atoms with Crippen LogP contribution in [0.15, 0.2) is 54.6 Å². The summed E-state index contributed by atoms with van der Waals surface area (Å²) in [5.74, 6) is -0.133. The first-order valence-electron chi connectivity index (χ1n) is 12.1. The van der Waals surface area contributed by atoms with E-state index in [0.717, 1.165) is 37.7 Å². The Morgan fingerprint density at radius 3 is 2.08 bits per heavy atom. The van der Waals surface area contributed by atoms with Crippen LogP contribution in [0.3, 0.4) is 0 Å². The van der Waals surface area contributed by atoms with E-state index in [2.05, 4.69) is 10.6 Å². The number of nitro benzene ring substituents is 1. The van der Waals surface area contributed by atoms with Gasteiger partial charge in [0.2, 0.25) is 5.91 Å². The zero-order chi connectivity index (χ0) is 26.0. The second-order valence-electron chi connectivity index (χ2n) is 8.18. The number of nitro groups is 1. The van der Waals surface area contributed by atoms with Gasteiger partial charge in [0.1, 0.15) is 12.4 Å². The minimum absolute atomic E-state index is 0.0113. The number of carbonyl (C=O) groups is 3. The molecular formula is C26H33N3O7. The number of amides is 2. The van der Waals surface area contributed by atoms with Gasteiger partial charge in [-0.05, 0) is 43.4 Å². The van der Waals surface area contributed by atoms with Crippen LogP contribution in [0.5, 0.6) is 5.75 Å². The number of rotatable bonds is 16. The molecule has 0 unspecified atom stereocenters. The SMILES string of the molecule is O=C(CCCCCNC(=O)OCc1ccccc1)NCCCCCC(=O)Oc1ccc([N+](=O)[O-])cc1. The monoisotopic (exact) mass is 499 g/mol. The molecule has 0 aromatic heterocycles. The molecule has 0 aliphatic rings. The Kier molecular flexibility index (Phi) is 13.1. The van der Waals surface area contributed by atoms with Crippen molar-refractivity contribution in [3.63, 3.8) is 0 Å². The van der Waals surface area contributed by atoms with Crippen molar-refractivity contribution in [2.24, 2.45) is 0 Å². The molecule has 0 atom stereocenters. The number of esters is 1. The third-order valence-corrected chi connectivity index (χ3v) is 5.22. The molecule has 0 aliphatic heterocycles. The van der Waals surface area contributed by atoms with E-state index in [1.807, 2.05) is 30.3 Å². The standard InChI is InChI=1S/C26H33N3O7/c30-24(12-6-2-9-19-28-26(32)35-20-21-10-4-1-5-11-21)27-18-8-3-7-13-25(31)36-23-16-14-22(15-17-23)29(33)34/h1,4-5,10-11,14-17H,2-3,6-9,12-13,18-20H2,(H,27,30)(H,28,32). The lowest BCUT2D eigenvalue weighted by Crippen LogP contribution is -2.25. The molecule has 194 valence electrons. The first-order valence-corrected chi connectivity index (χ1v) is 12.1. The van der Waals surface area contributed by atoms with E-state index in [4.69, 9.17) is 9.47 Å². The summed E-state index contributed by atoms with van der Waals surface area (Å²) in [6, 6.07) is 14.8. The number of hydrogen-bond acceptors (Lipinski definition) is 7. The van der Waals surface area contributed by atoms with Crippen LogP contribution in [0.2, 0.25) is 0 Å². The lowest BCUT2D eigenvalue weighted by molar-refractivity contribution is -0.384. The second-order valence-corrected chi connectivity index (χ2v) is 8.18. The van der Waals surface area contributed by atoms with E-state index >= 15 is 0 Å². The molecule has 2 amide bonds. The van der Waals surface area contributed by atoms with Crippen LogP contribution in [0, 0.1) is 10.1 Å². The molecular weight excluding hydrogens is 466 g/mol. The lowest BCUT2D eigenvalue weighted by atomic mass is 10.1. The largest absolute Gasteiger partial charge is 0.445 e. The molecule has 0 spiro atoms. The summed E-state index contributed by atoms with van der Waals surface area (Å²) in [7, 11) is 0. The highest BCUT2D eigenvalue weighted by Gasteiger charge is 2.08. The quantitative estimate of drug-likeness (QED) is 0.113. The van der Waals surface area contributed by atoms with Crippen LogP contribution < -0.4 is 15.4 Å². The Morgan fingerprint density at radius 2 is 1.42 bits per heavy atom. The maximum absolute atomic E-state index is 11.9. The third kappa shape index (κ3) is 12.5. The number of ether oxygens (including phenoxy) is 2. The fourth-order valence-corrected chi connectivity index (χ4v) is 3.26. The number of unbranched alkanes of at least 4 members (excludes halogenated alkanes) is 4. The molecule has 0 radical (unpaired) electrons. The smallest absolute Gasteiger partial charge is 0.407 e. The van der Waals surface area contributed by atoms with Crippen molar-refractivity contribution in [3.05, 3.63) is 70.3 Å². The minimum Gasteiger partial charge on any atom is -0.445 e. The number of nitrogens with zero attached hydrogens (tertiary/aromatic N) is 1. The molecule has 2 aromatic rings. The molecule has 0 saturated carbocycles. The van der Waals surface area contributed by atoms with Crippen LogP contribution in [-0.2, 0) is 20.9 Å². The Balaban J connectivity index is 1.39. The molecule has 0 aliphatic carbocycles. The first kappa shape index (κ1) is 28.3. The molecule has 10 nitrogen and oxygen atoms in total. The molecule has 10 heteroatoms. The Bertz CT molecular complexity index is 965. The number of non-ortho nitro benzene ring substituents is 1. The van der Waals surface area contributed by atoms with E-state index in [9.17, 15) is 24.5 Å². The Morgan fingerprint density at radius 1 is 0.778 bits per heavy atom. The van der Waals surface area contributed by atoms with E-state index in [-0.39, 0.29) is 30.4 Å². The van der Waals surface area contributed by atoms with Crippen molar-refractivity contribution in [1.82, 2.24) is 10.6 Å². The van der Waals surface area contributed by atoms with Gasteiger partial charge >= 0.3 is 12.1 Å². The minimum atomic E-state index is -0.517. The fraction of sp³-hybridized carbons (Fsp3) is 0.423. The topological polar surface area (TPSA) is 137 Å². The number of carbonyl (C=O) groups excluding carboxylic acids is 3. The van der Waals surface area contributed by atoms with Crippen molar-refractivity contribution < 1.29 is 28.8 Å². The highest BCUT2D eigenvalue weighted by molar-refractivity contribution is 5.75. The number of hydrogen-bond donors (Lipinski definition) is 2. The molecule has 2 aromatic carbocycles. The van der Waals surface area contributed by atoms with Gasteiger partial charge in [0.15, 0.2) is 0 Å². The van der Waals surface area contributed by atoms with Crippen LogP contribution >= 0.6 is 0 Å². The van der Waals surface area contributed by atoms with Crippen molar-refractivity contribution in [1.29, 1.82) is 0 Å². The second kappa shape index (κ2) is 16.6. The molecule has 0 fully saturated rings. The maximum atomic E-state index is 11.9. The van der Waals surface area contributed by atoms with Crippen molar-refractivity contribution in [2.45, 2.75) is 58.0 Å². The molecule has 0 saturated heterocycles. The summed E-state index contributed by atoms with van der Waals surface area (Å²) >= 11 is 0. The fourth-order valence-electron chi connectivity index (χ4n) is 3.26. The zero-order valence-electron chi connectivity index (χ0n) is 20.3. The molecule has 36 heavy (non-hydrogen) atoms. The average Bonchev–Trinajstić information content (AvgIpc) is 2.87. The van der Waals surface area contributed by atoms with Gasteiger partial charge < -0.3 is 20.1 Å². The van der Waals surface area contributed by atoms with Crippen LogP contribution in [0.25, 0.3) is 0 Å². The number of alkyl carbamates (subject to hydrolysis) is 1. The summed E-state index contributed by atoms with van der Waals surface area (Å²) in [5.41, 5.74) is 0.867. The third-order valence-electron chi connectivity index (χ3n) is 5.22. The summed E-state index contributed by atoms with van der Waals surface area (Å²) in [6.45, 7) is 1.28. The van der Waals surface area contributed by atoms with Crippen LogP contribution in [0.1, 0.15) is 56.9 Å². The van der Waals surface area contributed by atoms with Crippen molar-refractivity contribution in [2.75, 3.05) is 13.1 Å². The molecule has 0 heterocycles. The number of benzene rings is 2. The van der Waals surface area contributed by atoms with Gasteiger partial charge in [-0.2, -0.15) is 0 Å². The molecule has 2 N–H and O–H groups in total. The van der Waals surface area contributed by atoms with Gasteiger partial charge in [0.05, 0.1) is 4.92 Å². The molecule has 2 rings (SSSR count).